The first-order chi connectivity index (χ1) is 12.9. The number of hydrogen-bond donors (Lipinski definition) is 1. The van der Waals surface area contributed by atoms with Crippen molar-refractivity contribution in [2.75, 3.05) is 30.9 Å². The summed E-state index contributed by atoms with van der Waals surface area (Å²) < 4.78 is 14.0. The van der Waals surface area contributed by atoms with Gasteiger partial charge in [-0.2, -0.15) is 0 Å². The Hall–Kier alpha value is -2.08. The predicted octanol–water partition coefficient (Wildman–Crippen LogP) is 3.08. The van der Waals surface area contributed by atoms with Crippen molar-refractivity contribution in [2.24, 2.45) is 5.73 Å². The van der Waals surface area contributed by atoms with Gasteiger partial charge in [-0.25, -0.2) is 0 Å². The van der Waals surface area contributed by atoms with Crippen molar-refractivity contribution in [3.05, 3.63) is 38.4 Å². The molecule has 2 N–H and O–H groups in total. The zero-order valence-corrected chi connectivity index (χ0v) is 17.1. The summed E-state index contributed by atoms with van der Waals surface area (Å²) in [5.74, 6) is 0. The van der Waals surface area contributed by atoms with Crippen LogP contribution in [0.4, 0.5) is 17.1 Å². The average molecular weight is 401 g/mol. The van der Waals surface area contributed by atoms with E-state index in [0.29, 0.717) is 38.8 Å². The van der Waals surface area contributed by atoms with Crippen LogP contribution < -0.4 is 10.3 Å². The fraction of sp³-hybridized carbons (Fsp3) is 0.625. The van der Waals surface area contributed by atoms with Crippen molar-refractivity contribution >= 4 is 25.8 Å². The lowest BCUT2D eigenvalue weighted by Gasteiger charge is -2.40. The van der Waals surface area contributed by atoms with E-state index in [9.17, 15) is 20.2 Å². The molecule has 0 heterocycles. The largest absolute Gasteiger partial charge is 0.459 e. The van der Waals surface area contributed by atoms with Gasteiger partial charge in [0.1, 0.15) is 5.69 Å². The predicted molar refractivity (Wildman–Crippen MR) is 105 cm³/mol. The number of anilines is 1. The summed E-state index contributed by atoms with van der Waals surface area (Å²) in [6.45, 7) is 7.28. The summed E-state index contributed by atoms with van der Waals surface area (Å²) in [5.41, 5.74) is 5.26. The molecule has 0 aromatic heterocycles. The van der Waals surface area contributed by atoms with Crippen molar-refractivity contribution in [2.45, 2.75) is 39.7 Å². The Morgan fingerprint density at radius 2 is 1.74 bits per heavy atom. The first-order valence-electron chi connectivity index (χ1n) is 9.05. The Bertz CT molecular complexity index is 628. The fourth-order valence-corrected chi connectivity index (χ4v) is 6.51. The maximum absolute atomic E-state index is 11.6. The van der Waals surface area contributed by atoms with Gasteiger partial charge in [0.15, 0.2) is 0 Å². The molecule has 1 aromatic rings. The first-order valence-corrected chi connectivity index (χ1v) is 11.0. The molecule has 0 saturated carbocycles. The summed E-state index contributed by atoms with van der Waals surface area (Å²) in [6, 6.07) is 4.25. The summed E-state index contributed by atoms with van der Waals surface area (Å²) in [5, 5.41) is 22.7. The van der Waals surface area contributed by atoms with E-state index >= 15 is 0 Å². The summed E-state index contributed by atoms with van der Waals surface area (Å²) in [4.78, 5) is 21.4. The second kappa shape index (κ2) is 10.9. The number of hydrogen-bond acceptors (Lipinski definition) is 8. The van der Waals surface area contributed by atoms with Crippen LogP contribution in [0.5, 0.6) is 0 Å². The fourth-order valence-electron chi connectivity index (χ4n) is 2.97. The van der Waals surface area contributed by atoms with Crippen LogP contribution in [0.3, 0.4) is 0 Å². The van der Waals surface area contributed by atoms with Crippen LogP contribution in [0.2, 0.25) is 6.04 Å². The number of nitro groups is 2. The molecule has 0 aliphatic heterocycles. The average Bonchev–Trinajstić information content (AvgIpc) is 2.62. The third-order valence-electron chi connectivity index (χ3n) is 3.96. The highest BCUT2D eigenvalue weighted by Gasteiger charge is 2.46. The Labute approximate surface area is 159 Å². The molecule has 0 fully saturated rings. The second-order valence-electron chi connectivity index (χ2n) is 5.81. The highest BCUT2D eigenvalue weighted by atomic mass is 28.4. The van der Waals surface area contributed by atoms with Crippen LogP contribution in [0.1, 0.15) is 33.6 Å². The van der Waals surface area contributed by atoms with Gasteiger partial charge in [-0.3, -0.25) is 20.2 Å². The van der Waals surface area contributed by atoms with E-state index in [-0.39, 0.29) is 17.1 Å². The van der Waals surface area contributed by atoms with Gasteiger partial charge in [-0.1, -0.05) is 13.3 Å². The normalized spacial score (nSPS) is 11.4. The molecular formula is C16H28N4O6Si. The zero-order valence-electron chi connectivity index (χ0n) is 16.1. The van der Waals surface area contributed by atoms with E-state index in [1.807, 2.05) is 20.8 Å². The summed E-state index contributed by atoms with van der Waals surface area (Å²) in [7, 11) is -3.02. The van der Waals surface area contributed by atoms with Crippen LogP contribution in [0, 0.1) is 20.2 Å². The van der Waals surface area contributed by atoms with Gasteiger partial charge < -0.3 is 19.2 Å². The van der Waals surface area contributed by atoms with E-state index in [1.54, 1.807) is 4.57 Å². The van der Waals surface area contributed by atoms with Gasteiger partial charge in [-0.05, 0) is 32.9 Å². The van der Waals surface area contributed by atoms with Crippen molar-refractivity contribution in [3.8, 4) is 0 Å². The van der Waals surface area contributed by atoms with Crippen LogP contribution in [0.25, 0.3) is 0 Å². The number of nitrogens with two attached hydrogens (primary N) is 1. The molecule has 0 spiro atoms. The number of nitrogens with zero attached hydrogens (tertiary/aromatic N) is 3. The first kappa shape index (κ1) is 23.0. The molecular weight excluding hydrogens is 372 g/mol. The summed E-state index contributed by atoms with van der Waals surface area (Å²) in [6.07, 6.45) is 1.35. The number of non-ortho nitro benzene ring substituents is 1. The molecule has 1 rings (SSSR count). The van der Waals surface area contributed by atoms with E-state index in [0.717, 1.165) is 12.5 Å². The molecule has 0 unspecified atom stereocenters. The monoisotopic (exact) mass is 400 g/mol. The van der Waals surface area contributed by atoms with E-state index in [1.165, 1.54) is 12.1 Å². The maximum atomic E-state index is 11.6. The van der Waals surface area contributed by atoms with Crippen LogP contribution in [0.15, 0.2) is 18.2 Å². The number of rotatable bonds is 13. The minimum atomic E-state index is -3.02. The molecule has 27 heavy (non-hydrogen) atoms. The Kier molecular flexibility index (Phi) is 9.28. The van der Waals surface area contributed by atoms with E-state index in [4.69, 9.17) is 14.6 Å². The van der Waals surface area contributed by atoms with Gasteiger partial charge in [0.2, 0.25) is 0 Å². The minimum absolute atomic E-state index is 0.265. The maximum Gasteiger partial charge on any atom is 0.459 e. The SMILES string of the molecule is CCC[Si](OCC)(OCC)N(CCCN)c1ccc([N+](=O)[O-])cc1[N+](=O)[O-]. The molecule has 0 aliphatic carbocycles. The van der Waals surface area contributed by atoms with Crippen molar-refractivity contribution in [1.82, 2.24) is 0 Å². The topological polar surface area (TPSA) is 134 Å². The third kappa shape index (κ3) is 5.69. The lowest BCUT2D eigenvalue weighted by atomic mass is 10.2. The van der Waals surface area contributed by atoms with Crippen molar-refractivity contribution in [3.63, 3.8) is 0 Å². The molecule has 0 bridgehead atoms. The quantitative estimate of drug-likeness (QED) is 0.303. The van der Waals surface area contributed by atoms with E-state index in [2.05, 4.69) is 0 Å². The van der Waals surface area contributed by atoms with Crippen LogP contribution in [-0.4, -0.2) is 44.9 Å². The molecule has 0 saturated heterocycles. The molecule has 0 aliphatic rings. The minimum Gasteiger partial charge on any atom is -0.379 e. The second-order valence-corrected chi connectivity index (χ2v) is 8.85. The van der Waals surface area contributed by atoms with Gasteiger partial charge in [0, 0.05) is 31.9 Å². The van der Waals surface area contributed by atoms with Crippen molar-refractivity contribution in [1.29, 1.82) is 0 Å². The Balaban J connectivity index is 3.60. The molecule has 11 heteroatoms. The Morgan fingerprint density at radius 3 is 2.19 bits per heavy atom. The van der Waals surface area contributed by atoms with Crippen molar-refractivity contribution < 1.29 is 18.7 Å². The molecule has 152 valence electrons. The highest BCUT2D eigenvalue weighted by Crippen LogP contribution is 2.37. The van der Waals surface area contributed by atoms with E-state index < -0.39 is 18.6 Å². The highest BCUT2D eigenvalue weighted by molar-refractivity contribution is 6.71. The smallest absolute Gasteiger partial charge is 0.379 e. The molecule has 0 amide bonds. The number of nitro benzene ring substituents is 2. The lowest BCUT2D eigenvalue weighted by molar-refractivity contribution is -0.393. The zero-order chi connectivity index (χ0) is 20.4. The lowest BCUT2D eigenvalue weighted by Crippen LogP contribution is -2.59. The molecule has 0 radical (unpaired) electrons. The van der Waals surface area contributed by atoms with Gasteiger partial charge in [0.05, 0.1) is 15.9 Å². The van der Waals surface area contributed by atoms with Gasteiger partial charge in [0.25, 0.3) is 11.4 Å². The van der Waals surface area contributed by atoms with Crippen LogP contribution in [-0.2, 0) is 8.85 Å². The standard InChI is InChI=1S/C16H28N4O6Si/c1-4-12-27(25-5-2,26-6-3)18(11-7-10-17)15-9-8-14(19(21)22)13-16(15)20(23)24/h8-9,13H,4-7,10-12,17H2,1-3H3. The van der Waals surface area contributed by atoms with Gasteiger partial charge >= 0.3 is 8.72 Å². The molecule has 10 nitrogen and oxygen atoms in total. The van der Waals surface area contributed by atoms with Gasteiger partial charge in [-0.15, -0.1) is 0 Å². The molecule has 0 atom stereocenters. The molecule has 1 aromatic carbocycles. The summed E-state index contributed by atoms with van der Waals surface area (Å²) >= 11 is 0. The number of benzene rings is 1. The Morgan fingerprint density at radius 1 is 1.11 bits per heavy atom. The third-order valence-corrected chi connectivity index (χ3v) is 7.86. The van der Waals surface area contributed by atoms with Crippen LogP contribution >= 0.6 is 0 Å².